The number of rotatable bonds is 5. The molecule has 1 aromatic carbocycles. The number of halogens is 1. The molecule has 0 radical (unpaired) electrons. The van der Waals surface area contributed by atoms with Crippen molar-refractivity contribution < 1.29 is 4.39 Å². The van der Waals surface area contributed by atoms with Crippen LogP contribution in [0, 0.1) is 11.3 Å². The van der Waals surface area contributed by atoms with Crippen LogP contribution in [0.4, 0.5) is 4.39 Å². The number of hydrogen-bond acceptors (Lipinski definition) is 2. The summed E-state index contributed by atoms with van der Waals surface area (Å²) < 4.78 is 11.8. The van der Waals surface area contributed by atoms with Crippen LogP contribution in [0.15, 0.2) is 29.2 Å². The summed E-state index contributed by atoms with van der Waals surface area (Å²) in [5.41, 5.74) is 1.03. The molecule has 1 rings (SSSR count). The van der Waals surface area contributed by atoms with E-state index in [2.05, 4.69) is 6.07 Å². The van der Waals surface area contributed by atoms with Crippen molar-refractivity contribution in [3.8, 4) is 6.07 Å². The molecule has 0 aliphatic carbocycles. The minimum Gasteiger partial charge on any atom is -0.251 e. The van der Waals surface area contributed by atoms with E-state index >= 15 is 0 Å². The molecular formula is C11H12FNS. The van der Waals surface area contributed by atoms with Crippen LogP contribution in [0.3, 0.4) is 0 Å². The fraction of sp³-hybridized carbons (Fsp3) is 0.364. The Labute approximate surface area is 87.9 Å². The van der Waals surface area contributed by atoms with Gasteiger partial charge in [0.2, 0.25) is 0 Å². The van der Waals surface area contributed by atoms with Gasteiger partial charge in [-0.25, -0.2) is 0 Å². The second-order valence-electron chi connectivity index (χ2n) is 2.87. The van der Waals surface area contributed by atoms with E-state index in [0.717, 1.165) is 16.2 Å². The Bertz CT molecular complexity index is 302. The lowest BCUT2D eigenvalue weighted by Gasteiger charge is -2.00. The van der Waals surface area contributed by atoms with Crippen LogP contribution in [-0.4, -0.2) is 12.4 Å². The summed E-state index contributed by atoms with van der Waals surface area (Å²) in [7, 11) is 0. The number of nitriles is 1. The van der Waals surface area contributed by atoms with Crippen LogP contribution in [0.2, 0.25) is 0 Å². The second kappa shape index (κ2) is 6.44. The maximum Gasteiger partial charge on any atom is 0.0902 e. The summed E-state index contributed by atoms with van der Waals surface area (Å²) in [6.07, 6.45) is 1.06. The normalized spacial score (nSPS) is 9.71. The van der Waals surface area contributed by atoms with Gasteiger partial charge in [-0.1, -0.05) is 12.1 Å². The molecule has 0 saturated heterocycles. The molecule has 74 valence electrons. The lowest BCUT2D eigenvalue weighted by molar-refractivity contribution is 0.489. The molecule has 1 aromatic rings. The van der Waals surface area contributed by atoms with E-state index in [4.69, 9.17) is 5.26 Å². The standard InChI is InChI=1S/C11H12FNS/c12-7-1-9-14-11-4-2-10(3-5-11)6-8-13/h2-5H,1,6-7,9H2. The summed E-state index contributed by atoms with van der Waals surface area (Å²) >= 11 is 1.65. The lowest BCUT2D eigenvalue weighted by Crippen LogP contribution is -1.83. The average Bonchev–Trinajstić information content (AvgIpc) is 2.21. The first-order valence-electron chi connectivity index (χ1n) is 4.51. The van der Waals surface area contributed by atoms with Crippen molar-refractivity contribution in [1.82, 2.24) is 0 Å². The maximum atomic E-state index is 11.8. The van der Waals surface area contributed by atoms with Gasteiger partial charge in [0.15, 0.2) is 0 Å². The Morgan fingerprint density at radius 2 is 2.00 bits per heavy atom. The summed E-state index contributed by atoms with van der Waals surface area (Å²) in [6.45, 7) is -0.250. The molecule has 0 aliphatic rings. The molecule has 0 aromatic heterocycles. The Morgan fingerprint density at radius 3 is 2.57 bits per heavy atom. The minimum atomic E-state index is -0.250. The van der Waals surface area contributed by atoms with E-state index in [0.29, 0.717) is 12.8 Å². The Morgan fingerprint density at radius 1 is 1.29 bits per heavy atom. The number of nitrogens with zero attached hydrogens (tertiary/aromatic N) is 1. The third kappa shape index (κ3) is 3.80. The zero-order valence-corrected chi connectivity index (χ0v) is 8.69. The molecule has 0 N–H and O–H groups in total. The Kier molecular flexibility index (Phi) is 5.09. The third-order valence-corrected chi connectivity index (χ3v) is 2.85. The van der Waals surface area contributed by atoms with E-state index in [1.807, 2.05) is 24.3 Å². The van der Waals surface area contributed by atoms with Crippen molar-refractivity contribution >= 4 is 11.8 Å². The first-order valence-corrected chi connectivity index (χ1v) is 5.50. The number of alkyl halides is 1. The van der Waals surface area contributed by atoms with Gasteiger partial charge in [0.1, 0.15) is 0 Å². The highest BCUT2D eigenvalue weighted by molar-refractivity contribution is 7.99. The predicted molar refractivity (Wildman–Crippen MR) is 57.1 cm³/mol. The van der Waals surface area contributed by atoms with E-state index in [9.17, 15) is 4.39 Å². The van der Waals surface area contributed by atoms with E-state index in [1.54, 1.807) is 11.8 Å². The molecular weight excluding hydrogens is 197 g/mol. The molecule has 0 aliphatic heterocycles. The van der Waals surface area contributed by atoms with Crippen LogP contribution >= 0.6 is 11.8 Å². The van der Waals surface area contributed by atoms with Gasteiger partial charge < -0.3 is 0 Å². The molecule has 0 saturated carbocycles. The summed E-state index contributed by atoms with van der Waals surface area (Å²) in [5.74, 6) is 0.814. The van der Waals surface area contributed by atoms with Gasteiger partial charge in [-0.15, -0.1) is 11.8 Å². The van der Waals surface area contributed by atoms with Gasteiger partial charge in [0, 0.05) is 10.6 Å². The van der Waals surface area contributed by atoms with Gasteiger partial charge >= 0.3 is 0 Å². The summed E-state index contributed by atoms with van der Waals surface area (Å²) in [4.78, 5) is 1.14. The first-order chi connectivity index (χ1) is 6.86. The Balaban J connectivity index is 2.43. The van der Waals surface area contributed by atoms with Gasteiger partial charge in [-0.05, 0) is 24.1 Å². The van der Waals surface area contributed by atoms with Crippen LogP contribution in [0.5, 0.6) is 0 Å². The van der Waals surface area contributed by atoms with Gasteiger partial charge in [-0.3, -0.25) is 4.39 Å². The topological polar surface area (TPSA) is 23.8 Å². The third-order valence-electron chi connectivity index (χ3n) is 1.75. The largest absolute Gasteiger partial charge is 0.251 e. The van der Waals surface area contributed by atoms with Crippen LogP contribution in [0.25, 0.3) is 0 Å². The fourth-order valence-corrected chi connectivity index (χ4v) is 1.86. The molecule has 0 spiro atoms. The van der Waals surface area contributed by atoms with E-state index in [1.165, 1.54) is 0 Å². The summed E-state index contributed by atoms with van der Waals surface area (Å²) in [5, 5.41) is 8.47. The van der Waals surface area contributed by atoms with Crippen LogP contribution in [0.1, 0.15) is 12.0 Å². The maximum absolute atomic E-state index is 11.8. The zero-order chi connectivity index (χ0) is 10.2. The van der Waals surface area contributed by atoms with Crippen molar-refractivity contribution in [1.29, 1.82) is 5.26 Å². The molecule has 0 atom stereocenters. The lowest BCUT2D eigenvalue weighted by atomic mass is 10.2. The van der Waals surface area contributed by atoms with Crippen molar-refractivity contribution in [2.24, 2.45) is 0 Å². The average molecular weight is 209 g/mol. The van der Waals surface area contributed by atoms with Crippen molar-refractivity contribution in [3.05, 3.63) is 29.8 Å². The smallest absolute Gasteiger partial charge is 0.0902 e. The predicted octanol–water partition coefficient (Wildman–Crippen LogP) is 3.20. The highest BCUT2D eigenvalue weighted by Gasteiger charge is 1.95. The molecule has 0 unspecified atom stereocenters. The molecule has 3 heteroatoms. The van der Waals surface area contributed by atoms with E-state index in [-0.39, 0.29) is 6.67 Å². The highest BCUT2D eigenvalue weighted by atomic mass is 32.2. The van der Waals surface area contributed by atoms with Crippen LogP contribution < -0.4 is 0 Å². The van der Waals surface area contributed by atoms with Crippen molar-refractivity contribution in [2.75, 3.05) is 12.4 Å². The summed E-state index contributed by atoms with van der Waals surface area (Å²) in [6, 6.07) is 9.95. The quantitative estimate of drug-likeness (QED) is 0.549. The van der Waals surface area contributed by atoms with Crippen molar-refractivity contribution in [2.45, 2.75) is 17.7 Å². The molecule has 0 amide bonds. The highest BCUT2D eigenvalue weighted by Crippen LogP contribution is 2.19. The number of hydrogen-bond donors (Lipinski definition) is 0. The number of thioether (sulfide) groups is 1. The molecule has 0 bridgehead atoms. The van der Waals surface area contributed by atoms with Crippen molar-refractivity contribution in [3.63, 3.8) is 0 Å². The SMILES string of the molecule is N#CCc1ccc(SCCCF)cc1. The van der Waals surface area contributed by atoms with E-state index < -0.39 is 0 Å². The monoisotopic (exact) mass is 209 g/mol. The van der Waals surface area contributed by atoms with Crippen LogP contribution in [-0.2, 0) is 6.42 Å². The fourth-order valence-electron chi connectivity index (χ4n) is 1.04. The molecule has 1 nitrogen and oxygen atoms in total. The first kappa shape index (κ1) is 11.1. The number of benzene rings is 1. The second-order valence-corrected chi connectivity index (χ2v) is 4.04. The molecule has 0 heterocycles. The Hall–Kier alpha value is -1.01. The van der Waals surface area contributed by atoms with Gasteiger partial charge in [0.05, 0.1) is 19.2 Å². The molecule has 0 fully saturated rings. The van der Waals surface area contributed by atoms with Gasteiger partial charge in [-0.2, -0.15) is 5.26 Å². The molecule has 14 heavy (non-hydrogen) atoms. The van der Waals surface area contributed by atoms with Gasteiger partial charge in [0.25, 0.3) is 0 Å². The zero-order valence-electron chi connectivity index (χ0n) is 7.87. The minimum absolute atomic E-state index is 0.250.